The summed E-state index contributed by atoms with van der Waals surface area (Å²) in [5.41, 5.74) is -0.269. The standard InChI is InChI=1S/C19H26ClNO6/c1-6-25-16(22)14(17(23)26-7-2)15(12-8-10-13(20)11-9-12)21-18(24)27-19(3,4)5/h8-11,14-15H,6-7H2,1-5H3,(H,21,24)/t15-/m0/s1. The first-order valence-corrected chi connectivity index (χ1v) is 9.05. The predicted octanol–water partition coefficient (Wildman–Crippen LogP) is 3.65. The Morgan fingerprint density at radius 1 is 1.00 bits per heavy atom. The van der Waals surface area contributed by atoms with Crippen LogP contribution in [0.4, 0.5) is 4.79 Å². The van der Waals surface area contributed by atoms with E-state index in [1.54, 1.807) is 58.9 Å². The average molecular weight is 400 g/mol. The van der Waals surface area contributed by atoms with Crippen molar-refractivity contribution in [3.8, 4) is 0 Å². The lowest BCUT2D eigenvalue weighted by Gasteiger charge is -2.27. The number of nitrogens with one attached hydrogen (secondary N) is 1. The largest absolute Gasteiger partial charge is 0.465 e. The van der Waals surface area contributed by atoms with Crippen molar-refractivity contribution in [3.63, 3.8) is 0 Å². The van der Waals surface area contributed by atoms with Crippen molar-refractivity contribution >= 4 is 29.6 Å². The van der Waals surface area contributed by atoms with E-state index in [0.29, 0.717) is 10.6 Å². The summed E-state index contributed by atoms with van der Waals surface area (Å²) in [4.78, 5) is 37.2. The quantitative estimate of drug-likeness (QED) is 0.427. The number of hydrogen-bond donors (Lipinski definition) is 1. The van der Waals surface area contributed by atoms with Crippen molar-refractivity contribution in [1.29, 1.82) is 0 Å². The van der Waals surface area contributed by atoms with Crippen LogP contribution >= 0.6 is 11.6 Å². The smallest absolute Gasteiger partial charge is 0.408 e. The summed E-state index contributed by atoms with van der Waals surface area (Å²) >= 11 is 5.92. The lowest BCUT2D eigenvalue weighted by atomic mass is 9.93. The number of alkyl carbamates (subject to hydrolysis) is 1. The van der Waals surface area contributed by atoms with E-state index in [1.807, 2.05) is 0 Å². The second kappa shape index (κ2) is 10.2. The molecule has 0 aliphatic heterocycles. The van der Waals surface area contributed by atoms with Gasteiger partial charge in [0.05, 0.1) is 19.3 Å². The Bertz CT molecular complexity index is 635. The van der Waals surface area contributed by atoms with E-state index in [-0.39, 0.29) is 13.2 Å². The third-order valence-electron chi connectivity index (χ3n) is 3.32. The van der Waals surface area contributed by atoms with Gasteiger partial charge in [-0.15, -0.1) is 0 Å². The number of carbonyl (C=O) groups excluding carboxylic acids is 3. The molecule has 8 heteroatoms. The van der Waals surface area contributed by atoms with Gasteiger partial charge in [-0.25, -0.2) is 4.79 Å². The van der Waals surface area contributed by atoms with Crippen LogP contribution in [-0.4, -0.2) is 36.8 Å². The molecule has 150 valence electrons. The van der Waals surface area contributed by atoms with E-state index in [1.165, 1.54) is 0 Å². The summed E-state index contributed by atoms with van der Waals surface area (Å²) < 4.78 is 15.3. The lowest BCUT2D eigenvalue weighted by Crippen LogP contribution is -2.44. The van der Waals surface area contributed by atoms with Gasteiger partial charge in [-0.2, -0.15) is 0 Å². The molecule has 1 rings (SSSR count). The molecular formula is C19H26ClNO6. The number of ether oxygens (including phenoxy) is 3. The van der Waals surface area contributed by atoms with E-state index >= 15 is 0 Å². The SMILES string of the molecule is CCOC(=O)C(C(=O)OCC)[C@@H](NC(=O)OC(C)(C)C)c1ccc(Cl)cc1. The molecule has 0 bridgehead atoms. The maximum atomic E-state index is 12.5. The van der Waals surface area contributed by atoms with E-state index < -0.39 is 35.6 Å². The number of carbonyl (C=O) groups is 3. The average Bonchev–Trinajstić information content (AvgIpc) is 2.53. The van der Waals surface area contributed by atoms with E-state index in [0.717, 1.165) is 0 Å². The van der Waals surface area contributed by atoms with E-state index in [2.05, 4.69) is 5.32 Å². The first kappa shape index (κ1) is 22.8. The summed E-state index contributed by atoms with van der Waals surface area (Å²) in [5, 5.41) is 3.05. The Balaban J connectivity index is 3.28. The van der Waals surface area contributed by atoms with Gasteiger partial charge in [0.2, 0.25) is 0 Å². The maximum Gasteiger partial charge on any atom is 0.408 e. The molecule has 7 nitrogen and oxygen atoms in total. The Morgan fingerprint density at radius 3 is 1.89 bits per heavy atom. The number of rotatable bonds is 7. The predicted molar refractivity (Wildman–Crippen MR) is 100 cm³/mol. The third-order valence-corrected chi connectivity index (χ3v) is 3.57. The van der Waals surface area contributed by atoms with Gasteiger partial charge in [-0.3, -0.25) is 9.59 Å². The van der Waals surface area contributed by atoms with Crippen LogP contribution in [0.2, 0.25) is 5.02 Å². The molecule has 1 aromatic carbocycles. The highest BCUT2D eigenvalue weighted by molar-refractivity contribution is 6.30. The van der Waals surface area contributed by atoms with Crippen molar-refractivity contribution < 1.29 is 28.6 Å². The highest BCUT2D eigenvalue weighted by atomic mass is 35.5. The molecule has 0 unspecified atom stereocenters. The molecule has 1 N–H and O–H groups in total. The summed E-state index contributed by atoms with van der Waals surface area (Å²) in [6.45, 7) is 8.52. The van der Waals surface area contributed by atoms with Gasteiger partial charge in [0.25, 0.3) is 0 Å². The number of halogens is 1. The molecule has 27 heavy (non-hydrogen) atoms. The second-order valence-electron chi connectivity index (χ2n) is 6.66. The molecule has 0 aliphatic rings. The van der Waals surface area contributed by atoms with Gasteiger partial charge in [-0.05, 0) is 52.3 Å². The fourth-order valence-electron chi connectivity index (χ4n) is 2.30. The topological polar surface area (TPSA) is 90.9 Å². The molecule has 0 radical (unpaired) electrons. The first-order valence-electron chi connectivity index (χ1n) is 8.67. The number of amides is 1. The summed E-state index contributed by atoms with van der Waals surface area (Å²) in [6.07, 6.45) is -0.777. The highest BCUT2D eigenvalue weighted by Gasteiger charge is 2.40. The van der Waals surface area contributed by atoms with Crippen LogP contribution in [-0.2, 0) is 23.8 Å². The molecule has 0 saturated heterocycles. The van der Waals surface area contributed by atoms with Gasteiger partial charge in [0.1, 0.15) is 5.60 Å². The van der Waals surface area contributed by atoms with Crippen LogP contribution in [0.3, 0.4) is 0 Å². The Morgan fingerprint density at radius 2 is 1.48 bits per heavy atom. The van der Waals surface area contributed by atoms with Gasteiger partial charge >= 0.3 is 18.0 Å². The Kier molecular flexibility index (Phi) is 8.56. The van der Waals surface area contributed by atoms with Crippen molar-refractivity contribution in [2.24, 2.45) is 5.92 Å². The lowest BCUT2D eigenvalue weighted by molar-refractivity contribution is -0.163. The Hall–Kier alpha value is -2.28. The van der Waals surface area contributed by atoms with Crippen LogP contribution in [0.1, 0.15) is 46.2 Å². The molecule has 1 atom stereocenters. The number of esters is 2. The molecule has 0 saturated carbocycles. The minimum absolute atomic E-state index is 0.0779. The molecule has 0 aromatic heterocycles. The fraction of sp³-hybridized carbons (Fsp3) is 0.526. The monoisotopic (exact) mass is 399 g/mol. The van der Waals surface area contributed by atoms with Gasteiger partial charge in [0, 0.05) is 5.02 Å². The molecular weight excluding hydrogens is 374 g/mol. The van der Waals surface area contributed by atoms with Crippen LogP contribution in [0.15, 0.2) is 24.3 Å². The zero-order chi connectivity index (χ0) is 20.6. The normalized spacial score (nSPS) is 12.3. The molecule has 0 fully saturated rings. The van der Waals surface area contributed by atoms with Gasteiger partial charge in [-0.1, -0.05) is 23.7 Å². The van der Waals surface area contributed by atoms with Gasteiger partial charge < -0.3 is 19.5 Å². The van der Waals surface area contributed by atoms with Crippen molar-refractivity contribution in [2.45, 2.75) is 46.3 Å². The molecule has 1 aromatic rings. The Labute approximate surface area is 164 Å². The third kappa shape index (κ3) is 7.46. The van der Waals surface area contributed by atoms with Crippen molar-refractivity contribution in [3.05, 3.63) is 34.9 Å². The molecule has 1 amide bonds. The fourth-order valence-corrected chi connectivity index (χ4v) is 2.42. The minimum atomic E-state index is -1.39. The second-order valence-corrected chi connectivity index (χ2v) is 7.09. The van der Waals surface area contributed by atoms with Gasteiger partial charge in [0.15, 0.2) is 5.92 Å². The van der Waals surface area contributed by atoms with Crippen LogP contribution in [0, 0.1) is 5.92 Å². The molecule has 0 aliphatic carbocycles. The zero-order valence-electron chi connectivity index (χ0n) is 16.2. The molecule has 0 spiro atoms. The number of hydrogen-bond acceptors (Lipinski definition) is 6. The minimum Gasteiger partial charge on any atom is -0.465 e. The van der Waals surface area contributed by atoms with Crippen molar-refractivity contribution in [1.82, 2.24) is 5.32 Å². The summed E-state index contributed by atoms with van der Waals surface area (Å²) in [6, 6.07) is 5.35. The van der Waals surface area contributed by atoms with Crippen LogP contribution in [0.5, 0.6) is 0 Å². The number of benzene rings is 1. The van der Waals surface area contributed by atoms with Crippen LogP contribution < -0.4 is 5.32 Å². The maximum absolute atomic E-state index is 12.5. The van der Waals surface area contributed by atoms with Crippen LogP contribution in [0.25, 0.3) is 0 Å². The molecule has 0 heterocycles. The zero-order valence-corrected chi connectivity index (χ0v) is 17.0. The summed E-state index contributed by atoms with van der Waals surface area (Å²) in [7, 11) is 0. The summed E-state index contributed by atoms with van der Waals surface area (Å²) in [5.74, 6) is -2.99. The van der Waals surface area contributed by atoms with Crippen molar-refractivity contribution in [2.75, 3.05) is 13.2 Å². The van der Waals surface area contributed by atoms with E-state index in [4.69, 9.17) is 25.8 Å². The first-order chi connectivity index (χ1) is 12.6. The van der Waals surface area contributed by atoms with E-state index in [9.17, 15) is 14.4 Å². The highest BCUT2D eigenvalue weighted by Crippen LogP contribution is 2.27.